The van der Waals surface area contributed by atoms with E-state index in [0.717, 1.165) is 22.2 Å². The number of aryl methyl sites for hydroxylation is 2. The van der Waals surface area contributed by atoms with Crippen molar-refractivity contribution < 1.29 is 9.59 Å². The maximum Gasteiger partial charge on any atom is 0.268 e. The summed E-state index contributed by atoms with van der Waals surface area (Å²) < 4.78 is 0. The topological polar surface area (TPSA) is 111 Å². The quantitative estimate of drug-likeness (QED) is 0.390. The molecule has 0 aliphatic rings. The van der Waals surface area contributed by atoms with Crippen LogP contribution in [0.2, 0.25) is 5.02 Å². The fraction of sp³-hybridized carbons (Fsp3) is 0.0952. The lowest BCUT2D eigenvalue weighted by molar-refractivity contribution is 0.100. The van der Waals surface area contributed by atoms with Crippen LogP contribution < -0.4 is 16.8 Å². The molecule has 4 rings (SSSR count). The number of carbonyl (C=O) groups excluding carboxylic acids is 2. The Bertz CT molecular complexity index is 1310. The number of hydrogen-bond acceptors (Lipinski definition) is 6. The number of nitrogens with zero attached hydrogens (tertiary/aromatic N) is 1. The molecule has 4 aromatic rings. The van der Waals surface area contributed by atoms with Gasteiger partial charge in [-0.2, -0.15) is 0 Å². The van der Waals surface area contributed by atoms with E-state index in [9.17, 15) is 9.59 Å². The zero-order valence-corrected chi connectivity index (χ0v) is 18.5. The summed E-state index contributed by atoms with van der Waals surface area (Å²) in [6.07, 6.45) is 0. The SMILES string of the molecule is Cc1cc(C)c2c(N)c(C(=O)Nc3scc(-c4ccc(Cl)cc4)c3C(N)=O)sc2n1. The van der Waals surface area contributed by atoms with Crippen molar-refractivity contribution in [2.45, 2.75) is 13.8 Å². The minimum absolute atomic E-state index is 0.250. The van der Waals surface area contributed by atoms with Gasteiger partial charge in [0.1, 0.15) is 14.7 Å². The first kappa shape index (κ1) is 20.3. The number of amides is 2. The van der Waals surface area contributed by atoms with Gasteiger partial charge in [-0.25, -0.2) is 4.98 Å². The number of aromatic nitrogens is 1. The maximum atomic E-state index is 13.0. The van der Waals surface area contributed by atoms with Crippen LogP contribution in [0.4, 0.5) is 10.7 Å². The standard InChI is InChI=1S/C21H17ClN4O2S2/c1-9-7-10(2)25-21-14(9)16(23)17(30-21)19(28)26-20-15(18(24)27)13(8-29-20)11-3-5-12(22)6-4-11/h3-8H,23H2,1-2H3,(H2,24,27)(H,26,28). The predicted octanol–water partition coefficient (Wildman–Crippen LogP) is 5.23. The highest BCUT2D eigenvalue weighted by Gasteiger charge is 2.23. The zero-order chi connectivity index (χ0) is 21.6. The number of pyridine rings is 1. The van der Waals surface area contributed by atoms with Crippen molar-refractivity contribution in [1.82, 2.24) is 4.98 Å². The Morgan fingerprint density at radius 3 is 2.53 bits per heavy atom. The van der Waals surface area contributed by atoms with Gasteiger partial charge in [0.25, 0.3) is 11.8 Å². The summed E-state index contributed by atoms with van der Waals surface area (Å²) in [6.45, 7) is 3.83. The van der Waals surface area contributed by atoms with Crippen LogP contribution in [0.5, 0.6) is 0 Å². The first-order valence-electron chi connectivity index (χ1n) is 8.91. The van der Waals surface area contributed by atoms with E-state index in [1.54, 1.807) is 29.6 Å². The van der Waals surface area contributed by atoms with Crippen LogP contribution in [0.1, 0.15) is 31.3 Å². The number of anilines is 2. The molecule has 0 saturated heterocycles. The highest BCUT2D eigenvalue weighted by atomic mass is 35.5. The van der Waals surface area contributed by atoms with E-state index in [-0.39, 0.29) is 5.56 Å². The molecule has 3 heterocycles. The third-order valence-corrected chi connectivity index (χ3v) is 6.90. The summed E-state index contributed by atoms with van der Waals surface area (Å²) in [5.74, 6) is -1.03. The monoisotopic (exact) mass is 456 g/mol. The molecule has 0 saturated carbocycles. The molecule has 0 bridgehead atoms. The molecule has 2 amide bonds. The van der Waals surface area contributed by atoms with Crippen molar-refractivity contribution in [2.24, 2.45) is 5.73 Å². The Hall–Kier alpha value is -2.94. The number of fused-ring (bicyclic) bond motifs is 1. The van der Waals surface area contributed by atoms with Gasteiger partial charge in [0.2, 0.25) is 0 Å². The average Bonchev–Trinajstić information content (AvgIpc) is 3.23. The highest BCUT2D eigenvalue weighted by molar-refractivity contribution is 7.21. The van der Waals surface area contributed by atoms with E-state index in [4.69, 9.17) is 23.1 Å². The minimum Gasteiger partial charge on any atom is -0.397 e. The second-order valence-corrected chi connectivity index (χ2v) is 9.10. The molecule has 0 aliphatic heterocycles. The van der Waals surface area contributed by atoms with Gasteiger partial charge >= 0.3 is 0 Å². The number of carbonyl (C=O) groups is 2. The first-order valence-corrected chi connectivity index (χ1v) is 11.0. The lowest BCUT2D eigenvalue weighted by Crippen LogP contribution is -2.17. The molecule has 0 fully saturated rings. The molecule has 152 valence electrons. The van der Waals surface area contributed by atoms with Gasteiger partial charge in [-0.05, 0) is 43.2 Å². The molecule has 0 atom stereocenters. The van der Waals surface area contributed by atoms with Crippen LogP contribution in [0.15, 0.2) is 35.7 Å². The number of benzene rings is 1. The number of nitrogens with two attached hydrogens (primary N) is 2. The van der Waals surface area contributed by atoms with Crippen LogP contribution in [-0.2, 0) is 0 Å². The summed E-state index contributed by atoms with van der Waals surface area (Å²) in [6, 6.07) is 8.97. The van der Waals surface area contributed by atoms with E-state index in [0.29, 0.717) is 31.0 Å². The van der Waals surface area contributed by atoms with Gasteiger partial charge < -0.3 is 16.8 Å². The molecule has 3 aromatic heterocycles. The first-order chi connectivity index (χ1) is 14.3. The Kier molecular flexibility index (Phi) is 5.23. The zero-order valence-electron chi connectivity index (χ0n) is 16.1. The molecule has 0 aliphatic carbocycles. The van der Waals surface area contributed by atoms with Crippen molar-refractivity contribution in [3.8, 4) is 11.1 Å². The van der Waals surface area contributed by atoms with Crippen LogP contribution in [0.25, 0.3) is 21.3 Å². The molecule has 9 heteroatoms. The lowest BCUT2D eigenvalue weighted by Gasteiger charge is -2.06. The molecule has 0 unspecified atom stereocenters. The molecular weight excluding hydrogens is 440 g/mol. The molecule has 0 radical (unpaired) electrons. The normalized spacial score (nSPS) is 11.0. The van der Waals surface area contributed by atoms with Crippen molar-refractivity contribution in [2.75, 3.05) is 11.1 Å². The smallest absolute Gasteiger partial charge is 0.268 e. The van der Waals surface area contributed by atoms with E-state index in [1.165, 1.54) is 22.7 Å². The number of halogens is 1. The van der Waals surface area contributed by atoms with Gasteiger partial charge in [0.05, 0.1) is 11.3 Å². The Morgan fingerprint density at radius 1 is 1.17 bits per heavy atom. The maximum absolute atomic E-state index is 13.0. The Balaban J connectivity index is 1.73. The number of hydrogen-bond donors (Lipinski definition) is 3. The van der Waals surface area contributed by atoms with E-state index >= 15 is 0 Å². The van der Waals surface area contributed by atoms with Gasteiger partial charge in [0.15, 0.2) is 0 Å². The molecule has 1 aromatic carbocycles. The summed E-state index contributed by atoms with van der Waals surface area (Å²) >= 11 is 8.40. The fourth-order valence-electron chi connectivity index (χ4n) is 3.33. The van der Waals surface area contributed by atoms with Crippen LogP contribution >= 0.6 is 34.3 Å². The van der Waals surface area contributed by atoms with Gasteiger partial charge in [0, 0.05) is 27.0 Å². The average molecular weight is 457 g/mol. The molecule has 6 nitrogen and oxygen atoms in total. The number of rotatable bonds is 4. The molecular formula is C21H17ClN4O2S2. The van der Waals surface area contributed by atoms with Crippen LogP contribution in [0, 0.1) is 13.8 Å². The van der Waals surface area contributed by atoms with Crippen molar-refractivity contribution >= 4 is 67.0 Å². The van der Waals surface area contributed by atoms with Crippen molar-refractivity contribution in [3.63, 3.8) is 0 Å². The fourth-order valence-corrected chi connectivity index (χ4v) is 5.54. The highest BCUT2D eigenvalue weighted by Crippen LogP contribution is 2.38. The summed E-state index contributed by atoms with van der Waals surface area (Å²) in [5, 5.41) is 6.31. The lowest BCUT2D eigenvalue weighted by atomic mass is 10.0. The number of primary amides is 1. The van der Waals surface area contributed by atoms with E-state index < -0.39 is 11.8 Å². The second-order valence-electron chi connectivity index (χ2n) is 6.78. The molecule has 30 heavy (non-hydrogen) atoms. The van der Waals surface area contributed by atoms with E-state index in [1.807, 2.05) is 19.9 Å². The van der Waals surface area contributed by atoms with Gasteiger partial charge in [-0.15, -0.1) is 22.7 Å². The van der Waals surface area contributed by atoms with Crippen molar-refractivity contribution in [3.05, 3.63) is 62.4 Å². The summed E-state index contributed by atoms with van der Waals surface area (Å²) in [7, 11) is 0. The van der Waals surface area contributed by atoms with Gasteiger partial charge in [-0.3, -0.25) is 9.59 Å². The third kappa shape index (κ3) is 3.54. The molecule has 0 spiro atoms. The number of thiophene rings is 2. The minimum atomic E-state index is -0.631. The summed E-state index contributed by atoms with van der Waals surface area (Å²) in [5.41, 5.74) is 15.8. The van der Waals surface area contributed by atoms with Gasteiger partial charge in [-0.1, -0.05) is 23.7 Å². The second kappa shape index (κ2) is 7.71. The third-order valence-electron chi connectivity index (χ3n) is 4.65. The Labute approximate surface area is 185 Å². The summed E-state index contributed by atoms with van der Waals surface area (Å²) in [4.78, 5) is 30.7. The van der Waals surface area contributed by atoms with Crippen LogP contribution in [0.3, 0.4) is 0 Å². The number of nitrogens with one attached hydrogen (secondary N) is 1. The predicted molar refractivity (Wildman–Crippen MR) is 125 cm³/mol. The van der Waals surface area contributed by atoms with E-state index in [2.05, 4.69) is 10.3 Å². The molecule has 5 N–H and O–H groups in total. The van der Waals surface area contributed by atoms with Crippen molar-refractivity contribution in [1.29, 1.82) is 0 Å². The Morgan fingerprint density at radius 2 is 1.87 bits per heavy atom. The van der Waals surface area contributed by atoms with Crippen LogP contribution in [-0.4, -0.2) is 16.8 Å². The number of nitrogen functional groups attached to an aromatic ring is 1. The largest absolute Gasteiger partial charge is 0.397 e.